The molecule has 2 nitrogen and oxygen atoms in total. The summed E-state index contributed by atoms with van der Waals surface area (Å²) in [6, 6.07) is 1.31. The highest BCUT2D eigenvalue weighted by Crippen LogP contribution is 2.16. The summed E-state index contributed by atoms with van der Waals surface area (Å²) < 4.78 is 0. The molecule has 0 amide bonds. The van der Waals surface area contributed by atoms with Crippen LogP contribution < -0.4 is 10.6 Å². The Kier molecular flexibility index (Phi) is 4.02. The second-order valence-electron chi connectivity index (χ2n) is 4.20. The number of hydrogen-bond donors (Lipinski definition) is 2. The first-order chi connectivity index (χ1) is 5.70. The Morgan fingerprint density at radius 2 is 1.75 bits per heavy atom. The van der Waals surface area contributed by atoms with Gasteiger partial charge in [-0.15, -0.1) is 0 Å². The van der Waals surface area contributed by atoms with Crippen LogP contribution >= 0.6 is 0 Å². The van der Waals surface area contributed by atoms with Crippen LogP contribution in [0.1, 0.15) is 33.6 Å². The number of piperidine rings is 1. The van der Waals surface area contributed by atoms with Crippen molar-refractivity contribution in [2.24, 2.45) is 5.92 Å². The van der Waals surface area contributed by atoms with E-state index in [0.717, 1.165) is 5.92 Å². The second kappa shape index (κ2) is 4.83. The molecule has 0 spiro atoms. The first-order valence-corrected chi connectivity index (χ1v) is 5.17. The number of nitrogens with one attached hydrogen (secondary N) is 2. The average molecular weight is 170 g/mol. The summed E-state index contributed by atoms with van der Waals surface area (Å²) in [7, 11) is 0. The fourth-order valence-electron chi connectivity index (χ4n) is 2.01. The van der Waals surface area contributed by atoms with E-state index < -0.39 is 0 Å². The first-order valence-electron chi connectivity index (χ1n) is 5.17. The van der Waals surface area contributed by atoms with Gasteiger partial charge in [0.1, 0.15) is 0 Å². The van der Waals surface area contributed by atoms with Gasteiger partial charge in [0.15, 0.2) is 0 Å². The third-order valence-electron chi connectivity index (χ3n) is 2.69. The molecule has 1 rings (SSSR count). The van der Waals surface area contributed by atoms with Gasteiger partial charge in [-0.2, -0.15) is 0 Å². The maximum absolute atomic E-state index is 3.58. The molecule has 2 N–H and O–H groups in total. The Morgan fingerprint density at radius 1 is 1.17 bits per heavy atom. The van der Waals surface area contributed by atoms with Gasteiger partial charge in [-0.05, 0) is 38.8 Å². The molecular formula is C10H22N2. The SMILES string of the molecule is CC(C)N[C@H](C)C1CCNCC1. The zero-order valence-electron chi connectivity index (χ0n) is 8.56. The lowest BCUT2D eigenvalue weighted by Crippen LogP contribution is -2.42. The van der Waals surface area contributed by atoms with E-state index in [4.69, 9.17) is 0 Å². The minimum absolute atomic E-state index is 0.620. The molecule has 1 atom stereocenters. The summed E-state index contributed by atoms with van der Waals surface area (Å²) >= 11 is 0. The number of hydrogen-bond acceptors (Lipinski definition) is 2. The van der Waals surface area contributed by atoms with Crippen LogP contribution in [-0.2, 0) is 0 Å². The maximum atomic E-state index is 3.58. The third kappa shape index (κ3) is 3.11. The Balaban J connectivity index is 2.24. The highest BCUT2D eigenvalue weighted by atomic mass is 15.0. The predicted molar refractivity (Wildman–Crippen MR) is 53.3 cm³/mol. The molecule has 0 saturated carbocycles. The number of rotatable bonds is 3. The van der Waals surface area contributed by atoms with Gasteiger partial charge < -0.3 is 10.6 Å². The summed E-state index contributed by atoms with van der Waals surface area (Å²) in [5.41, 5.74) is 0. The lowest BCUT2D eigenvalue weighted by molar-refractivity contribution is 0.282. The van der Waals surface area contributed by atoms with Crippen molar-refractivity contribution >= 4 is 0 Å². The highest BCUT2D eigenvalue weighted by molar-refractivity contribution is 4.78. The zero-order chi connectivity index (χ0) is 8.97. The molecule has 0 aromatic heterocycles. The quantitative estimate of drug-likeness (QED) is 0.668. The van der Waals surface area contributed by atoms with E-state index in [-0.39, 0.29) is 0 Å². The maximum Gasteiger partial charge on any atom is 0.00703 e. The predicted octanol–water partition coefficient (Wildman–Crippen LogP) is 1.37. The molecule has 1 saturated heterocycles. The molecular weight excluding hydrogens is 148 g/mol. The van der Waals surface area contributed by atoms with Crippen LogP contribution in [0.3, 0.4) is 0 Å². The lowest BCUT2D eigenvalue weighted by Gasteiger charge is -2.30. The van der Waals surface area contributed by atoms with Gasteiger partial charge in [-0.3, -0.25) is 0 Å². The minimum Gasteiger partial charge on any atom is -0.317 e. The van der Waals surface area contributed by atoms with Crippen molar-refractivity contribution < 1.29 is 0 Å². The van der Waals surface area contributed by atoms with E-state index in [9.17, 15) is 0 Å². The van der Waals surface area contributed by atoms with Crippen molar-refractivity contribution in [2.75, 3.05) is 13.1 Å². The molecule has 1 fully saturated rings. The van der Waals surface area contributed by atoms with Gasteiger partial charge in [0, 0.05) is 12.1 Å². The standard InChI is InChI=1S/C10H22N2/c1-8(2)12-9(3)10-4-6-11-7-5-10/h8-12H,4-7H2,1-3H3/t9-/m1/s1. The van der Waals surface area contributed by atoms with Crippen LogP contribution in [0.25, 0.3) is 0 Å². The van der Waals surface area contributed by atoms with Crippen molar-refractivity contribution in [1.29, 1.82) is 0 Å². The van der Waals surface area contributed by atoms with Gasteiger partial charge in [0.2, 0.25) is 0 Å². The Hall–Kier alpha value is -0.0800. The second-order valence-corrected chi connectivity index (χ2v) is 4.20. The molecule has 2 heteroatoms. The Morgan fingerprint density at radius 3 is 2.25 bits per heavy atom. The third-order valence-corrected chi connectivity index (χ3v) is 2.69. The van der Waals surface area contributed by atoms with E-state index >= 15 is 0 Å². The van der Waals surface area contributed by atoms with Crippen molar-refractivity contribution in [1.82, 2.24) is 10.6 Å². The van der Waals surface area contributed by atoms with Crippen molar-refractivity contribution in [3.63, 3.8) is 0 Å². The van der Waals surface area contributed by atoms with E-state index in [1.165, 1.54) is 25.9 Å². The Bertz CT molecular complexity index is 117. The van der Waals surface area contributed by atoms with Crippen LogP contribution in [0, 0.1) is 5.92 Å². The van der Waals surface area contributed by atoms with Gasteiger partial charge >= 0.3 is 0 Å². The van der Waals surface area contributed by atoms with Gasteiger partial charge in [0.05, 0.1) is 0 Å². The molecule has 0 aromatic carbocycles. The van der Waals surface area contributed by atoms with Gasteiger partial charge in [0.25, 0.3) is 0 Å². The van der Waals surface area contributed by atoms with Crippen molar-refractivity contribution in [3.8, 4) is 0 Å². The van der Waals surface area contributed by atoms with Crippen molar-refractivity contribution in [2.45, 2.75) is 45.7 Å². The normalized spacial score (nSPS) is 23.0. The molecule has 12 heavy (non-hydrogen) atoms. The highest BCUT2D eigenvalue weighted by Gasteiger charge is 2.19. The fraction of sp³-hybridized carbons (Fsp3) is 1.00. The van der Waals surface area contributed by atoms with E-state index in [1.807, 2.05) is 0 Å². The Labute approximate surface area is 76.1 Å². The average Bonchev–Trinajstić information content (AvgIpc) is 2.05. The molecule has 1 aliphatic heterocycles. The van der Waals surface area contributed by atoms with Crippen LogP contribution in [0.5, 0.6) is 0 Å². The van der Waals surface area contributed by atoms with E-state index in [1.54, 1.807) is 0 Å². The first kappa shape index (κ1) is 10.0. The largest absolute Gasteiger partial charge is 0.317 e. The fourth-order valence-corrected chi connectivity index (χ4v) is 2.01. The van der Waals surface area contributed by atoms with Crippen LogP contribution in [0.4, 0.5) is 0 Å². The van der Waals surface area contributed by atoms with Gasteiger partial charge in [-0.25, -0.2) is 0 Å². The van der Waals surface area contributed by atoms with E-state index in [0.29, 0.717) is 12.1 Å². The summed E-state index contributed by atoms with van der Waals surface area (Å²) in [5, 5.41) is 6.98. The molecule has 0 aromatic rings. The molecule has 0 unspecified atom stereocenters. The molecule has 72 valence electrons. The van der Waals surface area contributed by atoms with Crippen LogP contribution in [0.2, 0.25) is 0 Å². The molecule has 1 aliphatic rings. The lowest BCUT2D eigenvalue weighted by atomic mass is 9.91. The zero-order valence-corrected chi connectivity index (χ0v) is 8.56. The molecule has 0 aliphatic carbocycles. The van der Waals surface area contributed by atoms with E-state index in [2.05, 4.69) is 31.4 Å². The van der Waals surface area contributed by atoms with Gasteiger partial charge in [-0.1, -0.05) is 13.8 Å². The summed E-state index contributed by atoms with van der Waals surface area (Å²) in [4.78, 5) is 0. The van der Waals surface area contributed by atoms with Crippen LogP contribution in [-0.4, -0.2) is 25.2 Å². The minimum atomic E-state index is 0.620. The summed E-state index contributed by atoms with van der Waals surface area (Å²) in [6.45, 7) is 9.16. The van der Waals surface area contributed by atoms with Crippen molar-refractivity contribution in [3.05, 3.63) is 0 Å². The monoisotopic (exact) mass is 170 g/mol. The molecule has 1 heterocycles. The van der Waals surface area contributed by atoms with Crippen LogP contribution in [0.15, 0.2) is 0 Å². The topological polar surface area (TPSA) is 24.1 Å². The summed E-state index contributed by atoms with van der Waals surface area (Å²) in [5.74, 6) is 0.883. The summed E-state index contributed by atoms with van der Waals surface area (Å²) in [6.07, 6.45) is 2.67. The molecule has 0 radical (unpaired) electrons. The molecule has 0 bridgehead atoms. The smallest absolute Gasteiger partial charge is 0.00703 e.